The highest BCUT2D eigenvalue weighted by molar-refractivity contribution is 5.89. The van der Waals surface area contributed by atoms with Crippen molar-refractivity contribution in [1.29, 1.82) is 0 Å². The molecule has 4 saturated heterocycles. The number of aliphatic hydroxyl groups is 15. The van der Waals surface area contributed by atoms with E-state index in [1.54, 1.807) is 0 Å². The lowest BCUT2D eigenvalue weighted by Crippen LogP contribution is -2.69. The number of fused-ring (bicyclic) bond motifs is 7. The molecular weight excluding hydrogens is 1030 g/mol. The van der Waals surface area contributed by atoms with E-state index >= 15 is 4.79 Å². The molecule has 0 bridgehead atoms. The predicted octanol–water partition coefficient (Wildman–Crippen LogP) is -3.41. The van der Waals surface area contributed by atoms with Crippen LogP contribution in [0.1, 0.15) is 99.8 Å². The van der Waals surface area contributed by atoms with Crippen molar-refractivity contribution in [2.75, 3.05) is 33.0 Å². The molecule has 0 aromatic heterocycles. The van der Waals surface area contributed by atoms with E-state index in [0.717, 1.165) is 5.57 Å². The van der Waals surface area contributed by atoms with E-state index in [0.29, 0.717) is 44.9 Å². The van der Waals surface area contributed by atoms with Gasteiger partial charge < -0.3 is 114 Å². The minimum absolute atomic E-state index is 0.00631. The summed E-state index contributed by atoms with van der Waals surface area (Å²) in [6.45, 7) is 11.5. The molecule has 5 aliphatic carbocycles. The van der Waals surface area contributed by atoms with Gasteiger partial charge in [-0.1, -0.05) is 60.1 Å². The van der Waals surface area contributed by atoms with Crippen molar-refractivity contribution in [3.8, 4) is 0 Å². The molecule has 9 rings (SSSR count). The molecule has 0 aromatic rings. The molecule has 29 atom stereocenters. The third-order valence-electron chi connectivity index (χ3n) is 21.3. The fourth-order valence-electron chi connectivity index (χ4n) is 16.6. The monoisotopic (exact) mass is 1120 g/mol. The van der Waals surface area contributed by atoms with Gasteiger partial charge in [0.1, 0.15) is 103 Å². The van der Waals surface area contributed by atoms with Crippen molar-refractivity contribution in [1.82, 2.24) is 0 Å². The van der Waals surface area contributed by atoms with Crippen LogP contribution in [0.2, 0.25) is 0 Å². The SMILES string of the molecule is CC1(C)C[C@H](O[C@@H]2O[C@H](CO)[C@@H](O)[C@H](O)[C@H]2O)[C@]2(CO)C(=O)C[C@]3(C)C(=CC[C@@H]4[C@@]5(C)CC[C@H](O[C@@H]6O[C@H](CO)[C@@H](O)[C@H](O)[C@H]6O[C@@H]6O[C@H](CO)[C@@H](O)[C@H](O)[C@H]6O[C@@H]6O[C@H](CO)[C@@H](O)[C@H](O)[C@H]6O)C(C)(C)[C@@H]5CC[C@]43C)[C@@H]2C1. The van der Waals surface area contributed by atoms with Crippen molar-refractivity contribution < 1.29 is 119 Å². The summed E-state index contributed by atoms with van der Waals surface area (Å²) in [6, 6.07) is 0. The van der Waals surface area contributed by atoms with Crippen LogP contribution in [0.5, 0.6) is 0 Å². The molecule has 78 heavy (non-hydrogen) atoms. The van der Waals surface area contributed by atoms with Gasteiger partial charge in [0.15, 0.2) is 25.2 Å². The predicted molar refractivity (Wildman–Crippen MR) is 264 cm³/mol. The van der Waals surface area contributed by atoms with E-state index in [-0.39, 0.29) is 29.5 Å². The summed E-state index contributed by atoms with van der Waals surface area (Å²) in [6.07, 6.45) is -28.9. The molecule has 8 fully saturated rings. The summed E-state index contributed by atoms with van der Waals surface area (Å²) in [7, 11) is 0. The number of Topliss-reactive ketones (excluding diaryl/α,β-unsaturated/α-hetero) is 1. The molecule has 24 heteroatoms. The number of hydrogen-bond donors (Lipinski definition) is 15. The van der Waals surface area contributed by atoms with E-state index in [1.807, 2.05) is 0 Å². The van der Waals surface area contributed by atoms with Gasteiger partial charge in [0.2, 0.25) is 0 Å². The first kappa shape index (κ1) is 61.1. The molecule has 0 aromatic carbocycles. The van der Waals surface area contributed by atoms with Crippen molar-refractivity contribution in [2.24, 2.45) is 50.2 Å². The maximum atomic E-state index is 15.3. The Morgan fingerprint density at radius 3 is 1.46 bits per heavy atom. The fourth-order valence-corrected chi connectivity index (χ4v) is 16.6. The van der Waals surface area contributed by atoms with Crippen LogP contribution in [0.25, 0.3) is 0 Å². The zero-order valence-corrected chi connectivity index (χ0v) is 45.6. The number of carbonyl (C=O) groups excluding carboxylic acids is 1. The topological polar surface area (TPSA) is 394 Å². The number of carbonyl (C=O) groups is 1. The molecule has 4 saturated carbocycles. The molecule has 4 aliphatic heterocycles. The van der Waals surface area contributed by atoms with E-state index in [4.69, 9.17) is 37.9 Å². The number of ketones is 1. The molecule has 0 unspecified atom stereocenters. The highest BCUT2D eigenvalue weighted by Gasteiger charge is 2.72. The minimum atomic E-state index is -1.95. The zero-order valence-electron chi connectivity index (χ0n) is 45.6. The Balaban J connectivity index is 0.975. The van der Waals surface area contributed by atoms with E-state index in [1.165, 1.54) is 0 Å². The first-order chi connectivity index (χ1) is 36.5. The summed E-state index contributed by atoms with van der Waals surface area (Å²) in [5, 5.41) is 161. The summed E-state index contributed by atoms with van der Waals surface area (Å²) in [4.78, 5) is 15.3. The third-order valence-corrected chi connectivity index (χ3v) is 21.3. The average molecular weight is 1120 g/mol. The van der Waals surface area contributed by atoms with Crippen LogP contribution in [0, 0.1) is 50.2 Å². The molecule has 9 aliphatic rings. The molecule has 15 N–H and O–H groups in total. The van der Waals surface area contributed by atoms with Gasteiger partial charge in [-0.2, -0.15) is 0 Å². The maximum absolute atomic E-state index is 15.3. The Bertz CT molecular complexity index is 2150. The summed E-state index contributed by atoms with van der Waals surface area (Å²) in [5.41, 5.74) is -2.85. The number of rotatable bonds is 13. The quantitative estimate of drug-likeness (QED) is 0.0631. The first-order valence-electron chi connectivity index (χ1n) is 27.9. The van der Waals surface area contributed by atoms with Crippen molar-refractivity contribution >= 4 is 5.78 Å². The van der Waals surface area contributed by atoms with Crippen LogP contribution in [0.4, 0.5) is 0 Å². The molecule has 0 radical (unpaired) electrons. The Kier molecular flexibility index (Phi) is 17.3. The third kappa shape index (κ3) is 9.62. The summed E-state index contributed by atoms with van der Waals surface area (Å²) < 4.78 is 49.0. The Morgan fingerprint density at radius 2 is 0.962 bits per heavy atom. The number of hydrogen-bond acceptors (Lipinski definition) is 24. The Morgan fingerprint density at radius 1 is 0.513 bits per heavy atom. The highest BCUT2D eigenvalue weighted by atomic mass is 16.8. The standard InChI is InChI=1S/C54H88O24/c1-49(2)14-23-22-8-9-29-51(5)12-11-31(50(3,4)28(51)10-13-52(29,6)53(22,7)15-30(60)54(23,21-59)32(16-49)76-45-41(69)37(65)33(61)24(17-55)71-45)75-47-43(39(67)35(63)26(19-57)73-47)78-48-44(40(68)36(64)27(20-58)74-48)77-46-42(70)38(66)34(62)25(18-56)72-46/h8,23-29,31-48,55-59,61-70H,9-21H2,1-7H3/t23-,24+,25+,26+,27+,28-,29+,31-,32-,33+,34+,35+,36+,37-,38-,39-,40-,41+,42+,43+,44+,45-,46-,47-,48-,51-,52+,53+,54-/m0/s1. The molecule has 448 valence electrons. The molecular formula is C54H88O24. The van der Waals surface area contributed by atoms with Crippen LogP contribution in [-0.4, -0.2) is 250 Å². The van der Waals surface area contributed by atoms with Gasteiger partial charge >= 0.3 is 0 Å². The zero-order chi connectivity index (χ0) is 57.1. The fraction of sp³-hybridized carbons (Fsp3) is 0.944. The van der Waals surface area contributed by atoms with E-state index in [9.17, 15) is 76.6 Å². The summed E-state index contributed by atoms with van der Waals surface area (Å²) in [5.74, 6) is -0.594. The largest absolute Gasteiger partial charge is 0.395 e. The van der Waals surface area contributed by atoms with Crippen LogP contribution in [0.15, 0.2) is 11.6 Å². The van der Waals surface area contributed by atoms with Gasteiger partial charge in [0.25, 0.3) is 0 Å². The second-order valence-corrected chi connectivity index (χ2v) is 26.3. The van der Waals surface area contributed by atoms with E-state index in [2.05, 4.69) is 54.5 Å². The van der Waals surface area contributed by atoms with Gasteiger partial charge in [0, 0.05) is 11.8 Å². The van der Waals surface area contributed by atoms with Gasteiger partial charge in [-0.3, -0.25) is 4.79 Å². The lowest BCUT2D eigenvalue weighted by molar-refractivity contribution is -0.398. The van der Waals surface area contributed by atoms with Gasteiger partial charge in [-0.15, -0.1) is 0 Å². The average Bonchev–Trinajstić information content (AvgIpc) is 2.00. The van der Waals surface area contributed by atoms with Crippen LogP contribution < -0.4 is 0 Å². The molecule has 0 spiro atoms. The first-order valence-corrected chi connectivity index (χ1v) is 27.9. The smallest absolute Gasteiger partial charge is 0.187 e. The maximum Gasteiger partial charge on any atom is 0.187 e. The van der Waals surface area contributed by atoms with Gasteiger partial charge in [-0.25, -0.2) is 0 Å². The normalized spacial score (nSPS) is 54.0. The van der Waals surface area contributed by atoms with Crippen molar-refractivity contribution in [3.05, 3.63) is 11.6 Å². The van der Waals surface area contributed by atoms with Crippen LogP contribution in [-0.2, 0) is 42.7 Å². The second kappa shape index (κ2) is 22.2. The number of aliphatic hydroxyl groups excluding tert-OH is 15. The summed E-state index contributed by atoms with van der Waals surface area (Å²) >= 11 is 0. The lowest BCUT2D eigenvalue weighted by Gasteiger charge is -2.71. The number of ether oxygens (including phenoxy) is 8. The highest BCUT2D eigenvalue weighted by Crippen LogP contribution is 2.75. The van der Waals surface area contributed by atoms with Gasteiger partial charge in [-0.05, 0) is 84.4 Å². The van der Waals surface area contributed by atoms with Crippen LogP contribution in [0.3, 0.4) is 0 Å². The van der Waals surface area contributed by atoms with Crippen LogP contribution >= 0.6 is 0 Å². The lowest BCUT2D eigenvalue weighted by atomic mass is 9.33. The van der Waals surface area contributed by atoms with Crippen molar-refractivity contribution in [2.45, 2.75) is 235 Å². The minimum Gasteiger partial charge on any atom is -0.395 e. The van der Waals surface area contributed by atoms with Crippen molar-refractivity contribution in [3.63, 3.8) is 0 Å². The molecule has 4 heterocycles. The molecule has 24 nitrogen and oxygen atoms in total. The number of allylic oxidation sites excluding steroid dienone is 2. The van der Waals surface area contributed by atoms with E-state index < -0.39 is 201 Å². The Labute approximate surface area is 453 Å². The second-order valence-electron chi connectivity index (χ2n) is 26.3. The van der Waals surface area contributed by atoms with Gasteiger partial charge in [0.05, 0.1) is 50.7 Å². The molecule has 0 amide bonds. The Hall–Kier alpha value is -1.51.